The number of sulfonamides is 1. The van der Waals surface area contributed by atoms with Crippen LogP contribution in [0.5, 0.6) is 5.88 Å². The molecule has 0 aliphatic heterocycles. The second kappa shape index (κ2) is 7.70. The Hall–Kier alpha value is -2.02. The van der Waals surface area contributed by atoms with Crippen molar-refractivity contribution in [1.29, 1.82) is 0 Å². The Balaban J connectivity index is 3.17. The Bertz CT molecular complexity index is 752. The number of hydrogen-bond acceptors (Lipinski definition) is 5. The molecule has 13 heteroatoms. The van der Waals surface area contributed by atoms with Crippen LogP contribution in [0.3, 0.4) is 0 Å². The molecule has 1 rings (SSSR count). The second-order valence-electron chi connectivity index (χ2n) is 5.69. The number of hydrogen-bond donors (Lipinski definition) is 1. The van der Waals surface area contributed by atoms with Gasteiger partial charge in [0.2, 0.25) is 5.88 Å². The minimum Gasteiger partial charge on any atom is -0.475 e. The zero-order valence-corrected chi connectivity index (χ0v) is 14.4. The van der Waals surface area contributed by atoms with Crippen molar-refractivity contribution in [2.24, 2.45) is 5.73 Å². The summed E-state index contributed by atoms with van der Waals surface area (Å²) < 4.78 is 91.8. The van der Waals surface area contributed by atoms with Gasteiger partial charge in [-0.2, -0.15) is 17.5 Å². The van der Waals surface area contributed by atoms with Gasteiger partial charge in [0, 0.05) is 6.20 Å². The molecule has 0 bridgehead atoms. The first-order chi connectivity index (χ1) is 11.7. The first-order valence-electron chi connectivity index (χ1n) is 6.95. The van der Waals surface area contributed by atoms with Crippen molar-refractivity contribution in [1.82, 2.24) is 9.29 Å². The third kappa shape index (κ3) is 5.00. The van der Waals surface area contributed by atoms with Crippen molar-refractivity contribution in [2.75, 3.05) is 13.2 Å². The van der Waals surface area contributed by atoms with Crippen LogP contribution in [0, 0.1) is 0 Å². The van der Waals surface area contributed by atoms with Gasteiger partial charge in [0.15, 0.2) is 0 Å². The lowest BCUT2D eigenvalue weighted by Gasteiger charge is -2.37. The predicted octanol–water partition coefficient (Wildman–Crippen LogP) is 1.75. The molecule has 0 unspecified atom stereocenters. The zero-order chi connectivity index (χ0) is 20.3. The molecule has 0 saturated carbocycles. The first kappa shape index (κ1) is 22.0. The number of rotatable bonds is 8. The molecule has 7 nitrogen and oxygen atoms in total. The molecule has 26 heavy (non-hydrogen) atoms. The van der Waals surface area contributed by atoms with E-state index in [1.165, 1.54) is 18.3 Å². The molecule has 0 aromatic carbocycles. The number of aromatic nitrogens is 1. The minimum absolute atomic E-state index is 0.206. The minimum atomic E-state index is -6.06. The predicted molar refractivity (Wildman–Crippen MR) is 80.0 cm³/mol. The molecule has 1 aromatic heterocycles. The van der Waals surface area contributed by atoms with Gasteiger partial charge in [0.25, 0.3) is 12.3 Å². The molecular formula is C13H16F5N3O4S. The number of carbonyl (C=O) groups excluding carboxylic acids is 1. The maximum absolute atomic E-state index is 12.8. The molecule has 1 amide bonds. The molecule has 0 radical (unpaired) electrons. The summed E-state index contributed by atoms with van der Waals surface area (Å²) in [5.41, 5.74) is -2.93. The van der Waals surface area contributed by atoms with E-state index in [9.17, 15) is 35.2 Å². The average Bonchev–Trinajstić information content (AvgIpc) is 2.49. The fourth-order valence-electron chi connectivity index (χ4n) is 1.93. The molecule has 0 aliphatic rings. The van der Waals surface area contributed by atoms with Crippen LogP contribution in [0.4, 0.5) is 22.0 Å². The monoisotopic (exact) mass is 405 g/mol. The number of nitrogens with zero attached hydrogens (tertiary/aromatic N) is 2. The summed E-state index contributed by atoms with van der Waals surface area (Å²) >= 11 is 0. The molecule has 1 aromatic rings. The Labute approximate surface area is 146 Å². The Morgan fingerprint density at radius 1 is 1.35 bits per heavy atom. The van der Waals surface area contributed by atoms with Gasteiger partial charge in [0.05, 0.1) is 12.1 Å². The van der Waals surface area contributed by atoms with Gasteiger partial charge in [-0.25, -0.2) is 22.2 Å². The van der Waals surface area contributed by atoms with Crippen molar-refractivity contribution in [3.63, 3.8) is 0 Å². The Kier molecular flexibility index (Phi) is 6.52. The first-order valence-corrected chi connectivity index (χ1v) is 8.39. The third-order valence-electron chi connectivity index (χ3n) is 3.16. The number of nitrogens with two attached hydrogens (primary N) is 1. The number of primary amides is 1. The van der Waals surface area contributed by atoms with E-state index in [-0.39, 0.29) is 11.4 Å². The fourth-order valence-corrected chi connectivity index (χ4v) is 3.19. The molecule has 1 heterocycles. The van der Waals surface area contributed by atoms with Crippen LogP contribution in [0.25, 0.3) is 0 Å². The molecular weight excluding hydrogens is 389 g/mol. The van der Waals surface area contributed by atoms with E-state index >= 15 is 0 Å². The summed E-state index contributed by atoms with van der Waals surface area (Å²) in [5, 5.41) is 0. The van der Waals surface area contributed by atoms with Crippen LogP contribution in [0.15, 0.2) is 18.3 Å². The van der Waals surface area contributed by atoms with Gasteiger partial charge in [-0.15, -0.1) is 0 Å². The maximum Gasteiger partial charge on any atom is 0.511 e. The van der Waals surface area contributed by atoms with Gasteiger partial charge in [0.1, 0.15) is 12.2 Å². The van der Waals surface area contributed by atoms with Crippen molar-refractivity contribution >= 4 is 15.9 Å². The van der Waals surface area contributed by atoms with Gasteiger partial charge in [-0.05, 0) is 26.0 Å². The highest BCUT2D eigenvalue weighted by atomic mass is 32.2. The van der Waals surface area contributed by atoms with E-state index in [1.54, 1.807) is 0 Å². The Morgan fingerprint density at radius 2 is 1.92 bits per heavy atom. The van der Waals surface area contributed by atoms with Crippen LogP contribution in [0.1, 0.15) is 24.2 Å². The number of pyridine rings is 1. The number of alkyl halides is 5. The third-order valence-corrected chi connectivity index (χ3v) is 4.97. The van der Waals surface area contributed by atoms with E-state index in [0.29, 0.717) is 0 Å². The van der Waals surface area contributed by atoms with Crippen molar-refractivity contribution in [2.45, 2.75) is 31.3 Å². The highest BCUT2D eigenvalue weighted by Crippen LogP contribution is 2.33. The van der Waals surface area contributed by atoms with Crippen LogP contribution in [-0.2, 0) is 10.0 Å². The normalized spacial score (nSPS) is 13.3. The Morgan fingerprint density at radius 3 is 2.38 bits per heavy atom. The lowest BCUT2D eigenvalue weighted by molar-refractivity contribution is -0.0553. The van der Waals surface area contributed by atoms with Crippen LogP contribution >= 0.6 is 0 Å². The summed E-state index contributed by atoms with van der Waals surface area (Å²) in [7, 11) is -6.06. The highest BCUT2D eigenvalue weighted by Gasteiger charge is 2.54. The van der Waals surface area contributed by atoms with E-state index in [0.717, 1.165) is 13.8 Å². The summed E-state index contributed by atoms with van der Waals surface area (Å²) in [5.74, 6) is -1.31. The standard InChI is InChI=1S/C13H16F5N3O4S/c1-12(2,7-25-11-8(10(19)22)4-3-5-20-11)21(6-9(14)15)26(23,24)13(16,17)18/h3-5,9H,6-7H2,1-2H3,(H2,19,22). The lowest BCUT2D eigenvalue weighted by Crippen LogP contribution is -2.56. The SMILES string of the molecule is CC(C)(COc1ncccc1C(N)=O)N(CC(F)F)S(=O)(=O)C(F)(F)F. The molecule has 0 spiro atoms. The molecule has 148 valence electrons. The van der Waals surface area contributed by atoms with E-state index < -0.39 is 50.9 Å². The zero-order valence-electron chi connectivity index (χ0n) is 13.6. The number of halogens is 5. The topological polar surface area (TPSA) is 103 Å². The van der Waals surface area contributed by atoms with Crippen molar-refractivity contribution < 1.29 is 39.9 Å². The number of ether oxygens (including phenoxy) is 1. The number of amides is 1. The number of carbonyl (C=O) groups is 1. The van der Waals surface area contributed by atoms with E-state index in [1.807, 2.05) is 0 Å². The quantitative estimate of drug-likeness (QED) is 0.664. The summed E-state index contributed by atoms with van der Waals surface area (Å²) in [6.45, 7) is -0.563. The van der Waals surface area contributed by atoms with Crippen LogP contribution in [-0.4, -0.2) is 54.2 Å². The molecule has 0 saturated heterocycles. The summed E-state index contributed by atoms with van der Waals surface area (Å²) in [6.07, 6.45) is -2.17. The van der Waals surface area contributed by atoms with Gasteiger partial charge in [-0.1, -0.05) is 0 Å². The smallest absolute Gasteiger partial charge is 0.475 e. The maximum atomic E-state index is 12.8. The molecule has 2 N–H and O–H groups in total. The fraction of sp³-hybridized carbons (Fsp3) is 0.538. The average molecular weight is 405 g/mol. The van der Waals surface area contributed by atoms with Crippen molar-refractivity contribution in [3.05, 3.63) is 23.9 Å². The van der Waals surface area contributed by atoms with Gasteiger partial charge < -0.3 is 10.5 Å². The van der Waals surface area contributed by atoms with Crippen molar-refractivity contribution in [3.8, 4) is 5.88 Å². The highest BCUT2D eigenvalue weighted by molar-refractivity contribution is 7.90. The largest absolute Gasteiger partial charge is 0.511 e. The molecule has 0 atom stereocenters. The van der Waals surface area contributed by atoms with E-state index in [4.69, 9.17) is 10.5 Å². The molecule has 0 fully saturated rings. The van der Waals surface area contributed by atoms with E-state index in [2.05, 4.69) is 4.98 Å². The van der Waals surface area contributed by atoms with Gasteiger partial charge in [-0.3, -0.25) is 4.79 Å². The summed E-state index contributed by atoms with van der Waals surface area (Å²) in [6, 6.07) is 2.57. The van der Waals surface area contributed by atoms with Crippen LogP contribution < -0.4 is 10.5 Å². The molecule has 0 aliphatic carbocycles. The summed E-state index contributed by atoms with van der Waals surface area (Å²) in [4.78, 5) is 14.9. The lowest BCUT2D eigenvalue weighted by atomic mass is 10.1. The van der Waals surface area contributed by atoms with Gasteiger partial charge >= 0.3 is 15.5 Å². The van der Waals surface area contributed by atoms with Crippen LogP contribution in [0.2, 0.25) is 0 Å². The second-order valence-corrected chi connectivity index (χ2v) is 7.55.